The van der Waals surface area contributed by atoms with Crippen molar-refractivity contribution in [2.24, 2.45) is 0 Å². The van der Waals surface area contributed by atoms with E-state index in [1.165, 1.54) is 18.4 Å². The van der Waals surface area contributed by atoms with Crippen LogP contribution in [0.4, 0.5) is 0 Å². The molecule has 4 rings (SSSR count). The SMILES string of the molecule is O=c1c2ccccc2oc2ccc(CC=C3CCCC3)c(O)c12. The van der Waals surface area contributed by atoms with Gasteiger partial charge in [-0.2, -0.15) is 0 Å². The molecule has 0 aliphatic heterocycles. The molecule has 1 N–H and O–H groups in total. The zero-order valence-corrected chi connectivity index (χ0v) is 12.8. The lowest BCUT2D eigenvalue weighted by Crippen LogP contribution is -2.03. The molecule has 23 heavy (non-hydrogen) atoms. The van der Waals surface area contributed by atoms with Crippen LogP contribution < -0.4 is 5.43 Å². The lowest BCUT2D eigenvalue weighted by molar-refractivity contribution is 0.474. The number of aromatic hydroxyl groups is 1. The Bertz CT molecular complexity index is 971. The maximum atomic E-state index is 12.7. The van der Waals surface area contributed by atoms with Crippen molar-refractivity contribution in [1.29, 1.82) is 0 Å². The molecule has 0 radical (unpaired) electrons. The predicted octanol–water partition coefficient (Wildman–Crippen LogP) is 4.69. The van der Waals surface area contributed by atoms with Gasteiger partial charge in [0.2, 0.25) is 5.43 Å². The summed E-state index contributed by atoms with van der Waals surface area (Å²) in [6, 6.07) is 10.8. The van der Waals surface area contributed by atoms with Gasteiger partial charge in [0, 0.05) is 0 Å². The maximum absolute atomic E-state index is 12.7. The Kier molecular flexibility index (Phi) is 3.41. The summed E-state index contributed by atoms with van der Waals surface area (Å²) in [6.07, 6.45) is 7.67. The van der Waals surface area contributed by atoms with E-state index in [-0.39, 0.29) is 16.6 Å². The molecule has 3 heteroatoms. The molecule has 0 bridgehead atoms. The molecule has 2 aromatic carbocycles. The van der Waals surface area contributed by atoms with Crippen LogP contribution in [0.25, 0.3) is 21.9 Å². The molecule has 1 heterocycles. The summed E-state index contributed by atoms with van der Waals surface area (Å²) in [7, 11) is 0. The number of phenolic OH excluding ortho intramolecular Hbond substituents is 1. The van der Waals surface area contributed by atoms with Crippen molar-refractivity contribution >= 4 is 21.9 Å². The highest BCUT2D eigenvalue weighted by Crippen LogP contribution is 2.30. The molecule has 1 aliphatic rings. The van der Waals surface area contributed by atoms with Crippen LogP contribution in [0.1, 0.15) is 31.2 Å². The number of phenols is 1. The highest BCUT2D eigenvalue weighted by Gasteiger charge is 2.14. The van der Waals surface area contributed by atoms with Gasteiger partial charge in [-0.3, -0.25) is 4.79 Å². The topological polar surface area (TPSA) is 50.4 Å². The Balaban J connectivity index is 1.86. The molecule has 1 fully saturated rings. The van der Waals surface area contributed by atoms with E-state index in [9.17, 15) is 9.90 Å². The normalized spacial score (nSPS) is 14.7. The van der Waals surface area contributed by atoms with Crippen molar-refractivity contribution in [1.82, 2.24) is 0 Å². The summed E-state index contributed by atoms with van der Waals surface area (Å²) < 4.78 is 5.77. The average molecular weight is 306 g/mol. The first-order valence-electron chi connectivity index (χ1n) is 8.08. The average Bonchev–Trinajstić information content (AvgIpc) is 3.08. The van der Waals surface area contributed by atoms with Gasteiger partial charge in [0.05, 0.1) is 5.39 Å². The number of hydrogen-bond acceptors (Lipinski definition) is 3. The Morgan fingerprint density at radius 1 is 1.04 bits per heavy atom. The molecule has 1 aliphatic carbocycles. The highest BCUT2D eigenvalue weighted by molar-refractivity contribution is 5.93. The summed E-state index contributed by atoms with van der Waals surface area (Å²) in [5.41, 5.74) is 3.04. The molecule has 3 aromatic rings. The summed E-state index contributed by atoms with van der Waals surface area (Å²) in [6.45, 7) is 0. The second kappa shape index (κ2) is 5.58. The fourth-order valence-corrected chi connectivity index (χ4v) is 3.37. The van der Waals surface area contributed by atoms with E-state index in [0.717, 1.165) is 18.4 Å². The molecule has 116 valence electrons. The summed E-state index contributed by atoms with van der Waals surface area (Å²) >= 11 is 0. The van der Waals surface area contributed by atoms with Crippen LogP contribution in [0.15, 0.2) is 57.3 Å². The van der Waals surface area contributed by atoms with E-state index in [1.54, 1.807) is 24.3 Å². The van der Waals surface area contributed by atoms with Crippen LogP contribution in [-0.4, -0.2) is 5.11 Å². The fourth-order valence-electron chi connectivity index (χ4n) is 3.37. The molecular weight excluding hydrogens is 288 g/mol. The van der Waals surface area contributed by atoms with Gasteiger partial charge < -0.3 is 9.52 Å². The Morgan fingerprint density at radius 3 is 2.65 bits per heavy atom. The van der Waals surface area contributed by atoms with E-state index in [0.29, 0.717) is 23.0 Å². The Morgan fingerprint density at radius 2 is 1.83 bits per heavy atom. The first-order valence-corrected chi connectivity index (χ1v) is 8.08. The smallest absolute Gasteiger partial charge is 0.204 e. The number of para-hydroxylation sites is 1. The molecule has 0 saturated heterocycles. The van der Waals surface area contributed by atoms with Crippen LogP contribution in [0.5, 0.6) is 5.75 Å². The quantitative estimate of drug-likeness (QED) is 0.552. The number of rotatable bonds is 2. The zero-order valence-electron chi connectivity index (χ0n) is 12.8. The molecule has 1 aromatic heterocycles. The van der Waals surface area contributed by atoms with Gasteiger partial charge in [-0.15, -0.1) is 0 Å². The van der Waals surface area contributed by atoms with Gasteiger partial charge in [0.25, 0.3) is 0 Å². The summed E-state index contributed by atoms with van der Waals surface area (Å²) in [5, 5.41) is 11.4. The van der Waals surface area contributed by atoms with E-state index < -0.39 is 0 Å². The van der Waals surface area contributed by atoms with Gasteiger partial charge in [0.15, 0.2) is 0 Å². The van der Waals surface area contributed by atoms with E-state index in [1.807, 2.05) is 12.1 Å². The van der Waals surface area contributed by atoms with Crippen LogP contribution in [0.3, 0.4) is 0 Å². The zero-order chi connectivity index (χ0) is 15.8. The lowest BCUT2D eigenvalue weighted by atomic mass is 10.0. The lowest BCUT2D eigenvalue weighted by Gasteiger charge is -2.07. The van der Waals surface area contributed by atoms with Gasteiger partial charge in [-0.25, -0.2) is 0 Å². The first-order chi connectivity index (χ1) is 11.2. The Hall–Kier alpha value is -2.55. The number of allylic oxidation sites excluding steroid dienone is 2. The third-order valence-corrected chi connectivity index (χ3v) is 4.66. The van der Waals surface area contributed by atoms with Crippen molar-refractivity contribution in [3.63, 3.8) is 0 Å². The molecule has 0 spiro atoms. The number of benzene rings is 2. The number of fused-ring (bicyclic) bond motifs is 2. The minimum Gasteiger partial charge on any atom is -0.507 e. The number of hydrogen-bond donors (Lipinski definition) is 1. The van der Waals surface area contributed by atoms with E-state index in [2.05, 4.69) is 6.08 Å². The van der Waals surface area contributed by atoms with Gasteiger partial charge >= 0.3 is 0 Å². The first kappa shape index (κ1) is 14.1. The van der Waals surface area contributed by atoms with Crippen molar-refractivity contribution in [2.45, 2.75) is 32.1 Å². The highest BCUT2D eigenvalue weighted by atomic mass is 16.3. The van der Waals surface area contributed by atoms with Crippen molar-refractivity contribution < 1.29 is 9.52 Å². The van der Waals surface area contributed by atoms with Crippen molar-refractivity contribution in [3.8, 4) is 5.75 Å². The van der Waals surface area contributed by atoms with Crippen LogP contribution in [0.2, 0.25) is 0 Å². The van der Waals surface area contributed by atoms with E-state index in [4.69, 9.17) is 4.42 Å². The van der Waals surface area contributed by atoms with Crippen LogP contribution in [0, 0.1) is 0 Å². The van der Waals surface area contributed by atoms with Crippen molar-refractivity contribution in [2.75, 3.05) is 0 Å². The third-order valence-electron chi connectivity index (χ3n) is 4.66. The molecule has 0 amide bonds. The minimum absolute atomic E-state index is 0.0526. The standard InChI is InChI=1S/C20H18O3/c21-19-14(10-9-13-5-1-2-6-13)11-12-17-18(19)20(22)15-7-3-4-8-16(15)23-17/h3-4,7-9,11-12,21H,1-2,5-6,10H2. The van der Waals surface area contributed by atoms with Crippen LogP contribution >= 0.6 is 0 Å². The second-order valence-electron chi connectivity index (χ2n) is 6.15. The van der Waals surface area contributed by atoms with Gasteiger partial charge in [0.1, 0.15) is 22.3 Å². The summed E-state index contributed by atoms with van der Waals surface area (Å²) in [5.74, 6) is 0.0526. The van der Waals surface area contributed by atoms with E-state index >= 15 is 0 Å². The predicted molar refractivity (Wildman–Crippen MR) is 91.9 cm³/mol. The monoisotopic (exact) mass is 306 g/mol. The molecule has 3 nitrogen and oxygen atoms in total. The largest absolute Gasteiger partial charge is 0.507 e. The second-order valence-corrected chi connectivity index (χ2v) is 6.15. The molecular formula is C20H18O3. The van der Waals surface area contributed by atoms with Crippen LogP contribution in [-0.2, 0) is 6.42 Å². The maximum Gasteiger partial charge on any atom is 0.204 e. The Labute approximate surface area is 133 Å². The molecule has 1 saturated carbocycles. The van der Waals surface area contributed by atoms with Gasteiger partial charge in [-0.05, 0) is 55.9 Å². The molecule has 0 atom stereocenters. The van der Waals surface area contributed by atoms with Gasteiger partial charge in [-0.1, -0.05) is 29.8 Å². The summed E-state index contributed by atoms with van der Waals surface area (Å²) in [4.78, 5) is 12.7. The third kappa shape index (κ3) is 2.42. The fraction of sp³-hybridized carbons (Fsp3) is 0.250. The minimum atomic E-state index is -0.172. The molecule has 0 unspecified atom stereocenters. The van der Waals surface area contributed by atoms with Crippen molar-refractivity contribution in [3.05, 3.63) is 63.8 Å².